The first-order valence-electron chi connectivity index (χ1n) is 15.2. The fourth-order valence-corrected chi connectivity index (χ4v) is 7.10. The lowest BCUT2D eigenvalue weighted by Crippen LogP contribution is -2.49. The number of nitrogens with zero attached hydrogens (tertiary/aromatic N) is 7. The highest BCUT2D eigenvalue weighted by molar-refractivity contribution is 6.00. The van der Waals surface area contributed by atoms with E-state index in [1.54, 1.807) is 6.33 Å². The molecule has 0 bridgehead atoms. The fraction of sp³-hybridized carbons (Fsp3) is 0.424. The van der Waals surface area contributed by atoms with E-state index in [0.717, 1.165) is 57.7 Å². The molecule has 5 aromatic rings. The number of piperazine rings is 1. The third-order valence-corrected chi connectivity index (χ3v) is 9.63. The van der Waals surface area contributed by atoms with Crippen LogP contribution in [0.5, 0.6) is 0 Å². The van der Waals surface area contributed by atoms with Gasteiger partial charge in [-0.15, -0.1) is 0 Å². The van der Waals surface area contributed by atoms with Crippen LogP contribution in [0.25, 0.3) is 33.2 Å². The van der Waals surface area contributed by atoms with Gasteiger partial charge in [-0.2, -0.15) is 0 Å². The van der Waals surface area contributed by atoms with Crippen LogP contribution in [0.2, 0.25) is 0 Å². The minimum absolute atomic E-state index is 0.421. The number of hydrogen-bond acceptors (Lipinski definition) is 7. The Morgan fingerprint density at radius 2 is 1.52 bits per heavy atom. The predicted octanol–water partition coefficient (Wildman–Crippen LogP) is 5.66. The lowest BCUT2D eigenvalue weighted by molar-refractivity contribution is 0.0828. The van der Waals surface area contributed by atoms with Crippen molar-refractivity contribution in [1.82, 2.24) is 33.9 Å². The third-order valence-electron chi connectivity index (χ3n) is 9.63. The smallest absolute Gasteiger partial charge is 0.208 e. The lowest BCUT2D eigenvalue weighted by Gasteiger charge is -2.41. The van der Waals surface area contributed by atoms with Gasteiger partial charge in [-0.3, -0.25) is 4.90 Å². The molecule has 2 aliphatic rings. The summed E-state index contributed by atoms with van der Waals surface area (Å²) in [5.74, 6) is 1.36. The summed E-state index contributed by atoms with van der Waals surface area (Å²) in [6.45, 7) is 8.97. The second-order valence-electron chi connectivity index (χ2n) is 12.3. The van der Waals surface area contributed by atoms with Crippen molar-refractivity contribution < 1.29 is 0 Å². The molecule has 2 aromatic carbocycles. The number of likely N-dealkylation sites (N-methyl/N-ethyl adjacent to an activating group) is 1. The molecule has 1 aliphatic heterocycles. The van der Waals surface area contributed by atoms with E-state index in [2.05, 4.69) is 99.8 Å². The van der Waals surface area contributed by atoms with E-state index in [-0.39, 0.29) is 0 Å². The number of aryl methyl sites for hydroxylation is 3. The summed E-state index contributed by atoms with van der Waals surface area (Å²) in [4.78, 5) is 19.1. The highest BCUT2D eigenvalue weighted by atomic mass is 15.3. The van der Waals surface area contributed by atoms with Gasteiger partial charge in [0.1, 0.15) is 17.8 Å². The van der Waals surface area contributed by atoms with E-state index in [9.17, 15) is 0 Å². The van der Waals surface area contributed by atoms with Crippen LogP contribution in [-0.4, -0.2) is 73.2 Å². The van der Waals surface area contributed by atoms with Crippen molar-refractivity contribution in [3.05, 3.63) is 60.0 Å². The summed E-state index contributed by atoms with van der Waals surface area (Å²) in [6, 6.07) is 13.9. The van der Waals surface area contributed by atoms with E-state index in [4.69, 9.17) is 15.7 Å². The van der Waals surface area contributed by atoms with Crippen LogP contribution < -0.4 is 11.1 Å². The molecule has 1 saturated heterocycles. The van der Waals surface area contributed by atoms with Crippen molar-refractivity contribution in [2.45, 2.75) is 51.6 Å². The molecule has 0 amide bonds. The van der Waals surface area contributed by atoms with E-state index in [1.165, 1.54) is 50.1 Å². The van der Waals surface area contributed by atoms with Crippen LogP contribution in [0, 0.1) is 13.8 Å². The number of nitrogen functional groups attached to an aromatic ring is 1. The van der Waals surface area contributed by atoms with Gasteiger partial charge in [0, 0.05) is 62.8 Å². The highest BCUT2D eigenvalue weighted by Crippen LogP contribution is 2.39. The Bertz CT molecular complexity index is 1730. The summed E-state index contributed by atoms with van der Waals surface area (Å²) < 4.78 is 4.51. The van der Waals surface area contributed by atoms with Gasteiger partial charge >= 0.3 is 0 Å². The molecule has 7 rings (SSSR count). The van der Waals surface area contributed by atoms with Crippen molar-refractivity contribution >= 4 is 39.5 Å². The lowest BCUT2D eigenvalue weighted by atomic mass is 9.89. The molecule has 0 atom stereocenters. The van der Waals surface area contributed by atoms with Crippen LogP contribution >= 0.6 is 0 Å². The second-order valence-corrected chi connectivity index (χ2v) is 12.3. The van der Waals surface area contributed by atoms with Gasteiger partial charge in [-0.1, -0.05) is 24.3 Å². The first-order chi connectivity index (χ1) is 20.4. The van der Waals surface area contributed by atoms with E-state index in [0.29, 0.717) is 17.9 Å². The number of aromatic nitrogens is 5. The molecule has 1 aliphatic carbocycles. The largest absolute Gasteiger partial charge is 0.383 e. The van der Waals surface area contributed by atoms with Gasteiger partial charge in [-0.25, -0.2) is 15.0 Å². The van der Waals surface area contributed by atoms with Gasteiger partial charge in [-0.05, 0) is 75.4 Å². The standard InChI is InChI=1S/C33H41N9/c1-21-5-6-22(2)30-29(21)38-33(40(30)4)37-24-9-7-23(8-10-24)27-19-42(32-28(27)31(34)35-20-36-32)26-13-11-25(12-14-26)41-17-15-39(3)16-18-41/h5-10,19-20,25-26H,11-18H2,1-4H3,(H,37,38)(H2,34,35,36)/t25-,26+. The molecular weight excluding hydrogens is 522 g/mol. The van der Waals surface area contributed by atoms with E-state index >= 15 is 0 Å². The first-order valence-corrected chi connectivity index (χ1v) is 15.2. The number of nitrogens with one attached hydrogen (secondary N) is 1. The number of benzene rings is 2. The molecule has 0 radical (unpaired) electrons. The monoisotopic (exact) mass is 563 g/mol. The Labute approximate surface area is 247 Å². The third kappa shape index (κ3) is 4.70. The second kappa shape index (κ2) is 10.7. The minimum Gasteiger partial charge on any atom is -0.383 e. The van der Waals surface area contributed by atoms with Crippen LogP contribution in [0.1, 0.15) is 42.9 Å². The fourth-order valence-electron chi connectivity index (χ4n) is 7.10. The number of nitrogens with two attached hydrogens (primary N) is 1. The van der Waals surface area contributed by atoms with Crippen molar-refractivity contribution in [3.8, 4) is 11.1 Å². The van der Waals surface area contributed by atoms with Gasteiger partial charge in [0.2, 0.25) is 5.95 Å². The number of fused-ring (bicyclic) bond motifs is 2. The molecule has 218 valence electrons. The average molecular weight is 564 g/mol. The normalized spacial score (nSPS) is 20.5. The molecule has 0 spiro atoms. The summed E-state index contributed by atoms with van der Waals surface area (Å²) in [7, 11) is 4.29. The molecule has 0 unspecified atom stereocenters. The Balaban J connectivity index is 1.14. The van der Waals surface area contributed by atoms with Crippen LogP contribution in [-0.2, 0) is 7.05 Å². The molecule has 4 heterocycles. The molecule has 3 aromatic heterocycles. The first kappa shape index (κ1) is 26.9. The van der Waals surface area contributed by atoms with Crippen molar-refractivity contribution in [2.24, 2.45) is 7.05 Å². The number of rotatable bonds is 5. The quantitative estimate of drug-likeness (QED) is 0.285. The molecular formula is C33H41N9. The van der Waals surface area contributed by atoms with Crippen molar-refractivity contribution in [2.75, 3.05) is 44.3 Å². The molecule has 1 saturated carbocycles. The zero-order valence-corrected chi connectivity index (χ0v) is 25.1. The topological polar surface area (TPSA) is 93.1 Å². The van der Waals surface area contributed by atoms with Crippen LogP contribution in [0.3, 0.4) is 0 Å². The zero-order valence-electron chi connectivity index (χ0n) is 25.1. The molecule has 42 heavy (non-hydrogen) atoms. The maximum absolute atomic E-state index is 6.48. The maximum Gasteiger partial charge on any atom is 0.208 e. The SMILES string of the molecule is Cc1ccc(C)c2c1nc(Nc1ccc(-c3cn([C@H]4CC[C@@H](N5CCN(C)CC5)CC4)c4ncnc(N)c34)cc1)n2C. The number of anilines is 3. The van der Waals surface area contributed by atoms with Gasteiger partial charge < -0.3 is 25.1 Å². The summed E-state index contributed by atoms with van der Waals surface area (Å²) in [6.07, 6.45) is 8.63. The zero-order chi connectivity index (χ0) is 29.0. The Hall–Kier alpha value is -3.95. The average Bonchev–Trinajstić information content (AvgIpc) is 3.56. The van der Waals surface area contributed by atoms with Gasteiger partial charge in [0.25, 0.3) is 0 Å². The molecule has 2 fully saturated rings. The van der Waals surface area contributed by atoms with Gasteiger partial charge in [0.15, 0.2) is 0 Å². The van der Waals surface area contributed by atoms with Crippen LogP contribution in [0.4, 0.5) is 17.5 Å². The highest BCUT2D eigenvalue weighted by Gasteiger charge is 2.30. The molecule has 9 heteroatoms. The Morgan fingerprint density at radius 1 is 0.833 bits per heavy atom. The summed E-state index contributed by atoms with van der Waals surface area (Å²) in [5.41, 5.74) is 15.2. The van der Waals surface area contributed by atoms with E-state index < -0.39 is 0 Å². The number of imidazole rings is 1. The maximum atomic E-state index is 6.48. The van der Waals surface area contributed by atoms with E-state index in [1.807, 2.05) is 0 Å². The van der Waals surface area contributed by atoms with Crippen molar-refractivity contribution in [1.29, 1.82) is 0 Å². The van der Waals surface area contributed by atoms with Crippen LogP contribution in [0.15, 0.2) is 48.9 Å². The van der Waals surface area contributed by atoms with Gasteiger partial charge in [0.05, 0.1) is 16.4 Å². The molecule has 9 nitrogen and oxygen atoms in total. The minimum atomic E-state index is 0.421. The Kier molecular flexibility index (Phi) is 6.86. The van der Waals surface area contributed by atoms with Crippen molar-refractivity contribution in [3.63, 3.8) is 0 Å². The molecule has 3 N–H and O–H groups in total. The predicted molar refractivity (Wildman–Crippen MR) is 171 cm³/mol. The summed E-state index contributed by atoms with van der Waals surface area (Å²) >= 11 is 0. The summed E-state index contributed by atoms with van der Waals surface area (Å²) in [5, 5.41) is 4.47. The Morgan fingerprint density at radius 3 is 2.24 bits per heavy atom. The number of hydrogen-bond donors (Lipinski definition) is 2.